The van der Waals surface area contributed by atoms with Gasteiger partial charge in [0.1, 0.15) is 0 Å². The molecule has 0 atom stereocenters. The quantitative estimate of drug-likeness (QED) is 0.823. The zero-order valence-corrected chi connectivity index (χ0v) is 13.0. The van der Waals surface area contributed by atoms with Crippen LogP contribution in [0.2, 0.25) is 5.02 Å². The summed E-state index contributed by atoms with van der Waals surface area (Å²) in [6.45, 7) is 3.98. The molecule has 0 aliphatic rings. The summed E-state index contributed by atoms with van der Waals surface area (Å²) in [5.74, 6) is -0.171. The second kappa shape index (κ2) is 5.76. The van der Waals surface area contributed by atoms with E-state index in [0.717, 1.165) is 21.3 Å². The topological polar surface area (TPSA) is 29.1 Å². The first-order valence-electron chi connectivity index (χ1n) is 5.81. The fourth-order valence-electron chi connectivity index (χ4n) is 1.89. The highest BCUT2D eigenvalue weighted by atomic mass is 79.9. The van der Waals surface area contributed by atoms with Crippen LogP contribution in [0.4, 0.5) is 5.69 Å². The van der Waals surface area contributed by atoms with Gasteiger partial charge in [-0.3, -0.25) is 4.79 Å². The molecule has 0 saturated heterocycles. The SMILES string of the molecule is Cc1cc(C)c(NC(=O)c2cccc(Cl)c2)c(Br)c1. The Balaban J connectivity index is 2.29. The van der Waals surface area contributed by atoms with Crippen molar-refractivity contribution >= 4 is 39.1 Å². The Morgan fingerprint density at radius 1 is 1.21 bits per heavy atom. The van der Waals surface area contributed by atoms with Gasteiger partial charge in [0.15, 0.2) is 0 Å². The Morgan fingerprint density at radius 3 is 2.58 bits per heavy atom. The van der Waals surface area contributed by atoms with Gasteiger partial charge in [-0.15, -0.1) is 0 Å². The number of hydrogen-bond donors (Lipinski definition) is 1. The van der Waals surface area contributed by atoms with Crippen LogP contribution in [-0.2, 0) is 0 Å². The van der Waals surface area contributed by atoms with E-state index in [-0.39, 0.29) is 5.91 Å². The molecule has 0 aromatic heterocycles. The van der Waals surface area contributed by atoms with Gasteiger partial charge in [0.25, 0.3) is 5.91 Å². The molecule has 2 rings (SSSR count). The van der Waals surface area contributed by atoms with Crippen LogP contribution in [0.3, 0.4) is 0 Å². The van der Waals surface area contributed by atoms with Crippen molar-refractivity contribution in [3.05, 3.63) is 62.6 Å². The standard InChI is InChI=1S/C15H13BrClNO/c1-9-6-10(2)14(13(16)7-9)18-15(19)11-4-3-5-12(17)8-11/h3-8H,1-2H3,(H,18,19). The number of hydrogen-bond acceptors (Lipinski definition) is 1. The summed E-state index contributed by atoms with van der Waals surface area (Å²) in [5.41, 5.74) is 3.49. The summed E-state index contributed by atoms with van der Waals surface area (Å²) in [7, 11) is 0. The number of nitrogens with one attached hydrogen (secondary N) is 1. The van der Waals surface area contributed by atoms with Crippen molar-refractivity contribution in [3.8, 4) is 0 Å². The van der Waals surface area contributed by atoms with Gasteiger partial charge in [0.2, 0.25) is 0 Å². The van der Waals surface area contributed by atoms with E-state index in [0.29, 0.717) is 10.6 Å². The molecule has 0 saturated carbocycles. The lowest BCUT2D eigenvalue weighted by molar-refractivity contribution is 0.102. The van der Waals surface area contributed by atoms with E-state index in [1.165, 1.54) is 0 Å². The van der Waals surface area contributed by atoms with Crippen molar-refractivity contribution < 1.29 is 4.79 Å². The lowest BCUT2D eigenvalue weighted by Gasteiger charge is -2.12. The van der Waals surface area contributed by atoms with Crippen LogP contribution >= 0.6 is 27.5 Å². The van der Waals surface area contributed by atoms with Crippen molar-refractivity contribution in [3.63, 3.8) is 0 Å². The summed E-state index contributed by atoms with van der Waals surface area (Å²) in [4.78, 5) is 12.2. The van der Waals surface area contributed by atoms with E-state index in [9.17, 15) is 4.79 Å². The smallest absolute Gasteiger partial charge is 0.255 e. The second-order valence-corrected chi connectivity index (χ2v) is 5.69. The third-order valence-corrected chi connectivity index (χ3v) is 3.62. The van der Waals surface area contributed by atoms with Crippen LogP contribution in [0, 0.1) is 13.8 Å². The molecule has 0 aliphatic heterocycles. The number of anilines is 1. The Hall–Kier alpha value is -1.32. The van der Waals surface area contributed by atoms with Crippen LogP contribution in [0.25, 0.3) is 0 Å². The van der Waals surface area contributed by atoms with Gasteiger partial charge in [0, 0.05) is 15.1 Å². The molecule has 0 heterocycles. The predicted octanol–water partition coefficient (Wildman–Crippen LogP) is 4.97. The molecule has 0 bridgehead atoms. The first kappa shape index (κ1) is 14.1. The first-order chi connectivity index (χ1) is 8.97. The monoisotopic (exact) mass is 337 g/mol. The van der Waals surface area contributed by atoms with Crippen molar-refractivity contribution in [1.82, 2.24) is 0 Å². The van der Waals surface area contributed by atoms with Crippen LogP contribution < -0.4 is 5.32 Å². The minimum absolute atomic E-state index is 0.171. The van der Waals surface area contributed by atoms with Crippen molar-refractivity contribution in [2.24, 2.45) is 0 Å². The number of carbonyl (C=O) groups is 1. The first-order valence-corrected chi connectivity index (χ1v) is 6.98. The highest BCUT2D eigenvalue weighted by molar-refractivity contribution is 9.10. The molecule has 0 fully saturated rings. The average molecular weight is 339 g/mol. The molecule has 1 amide bonds. The van der Waals surface area contributed by atoms with E-state index < -0.39 is 0 Å². The Morgan fingerprint density at radius 2 is 1.95 bits per heavy atom. The number of aryl methyl sites for hydroxylation is 2. The van der Waals surface area contributed by atoms with Crippen LogP contribution in [0.1, 0.15) is 21.5 Å². The molecule has 2 aromatic carbocycles. The van der Waals surface area contributed by atoms with E-state index in [4.69, 9.17) is 11.6 Å². The number of carbonyl (C=O) groups excluding carboxylic acids is 1. The van der Waals surface area contributed by atoms with Gasteiger partial charge in [-0.05, 0) is 65.2 Å². The summed E-state index contributed by atoms with van der Waals surface area (Å²) < 4.78 is 0.875. The number of rotatable bonds is 2. The molecular weight excluding hydrogens is 326 g/mol. The molecule has 0 spiro atoms. The molecule has 1 N–H and O–H groups in total. The number of halogens is 2. The summed E-state index contributed by atoms with van der Waals surface area (Å²) in [6, 6.07) is 10.9. The Kier molecular flexibility index (Phi) is 4.27. The van der Waals surface area contributed by atoms with E-state index in [2.05, 4.69) is 21.2 Å². The van der Waals surface area contributed by atoms with Gasteiger partial charge in [-0.25, -0.2) is 0 Å². The zero-order chi connectivity index (χ0) is 14.0. The van der Waals surface area contributed by atoms with Gasteiger partial charge < -0.3 is 5.32 Å². The molecule has 4 heteroatoms. The minimum Gasteiger partial charge on any atom is -0.321 e. The highest BCUT2D eigenvalue weighted by Crippen LogP contribution is 2.28. The maximum atomic E-state index is 12.2. The molecule has 0 unspecified atom stereocenters. The maximum absolute atomic E-state index is 12.2. The van der Waals surface area contributed by atoms with Crippen molar-refractivity contribution in [2.75, 3.05) is 5.32 Å². The maximum Gasteiger partial charge on any atom is 0.255 e. The third kappa shape index (κ3) is 3.37. The normalized spacial score (nSPS) is 10.3. The van der Waals surface area contributed by atoms with Crippen molar-refractivity contribution in [1.29, 1.82) is 0 Å². The molecular formula is C15H13BrClNO. The van der Waals surface area contributed by atoms with Gasteiger partial charge >= 0.3 is 0 Å². The largest absolute Gasteiger partial charge is 0.321 e. The highest BCUT2D eigenvalue weighted by Gasteiger charge is 2.11. The number of amides is 1. The van der Waals surface area contributed by atoms with Crippen molar-refractivity contribution in [2.45, 2.75) is 13.8 Å². The molecule has 2 nitrogen and oxygen atoms in total. The Bertz CT molecular complexity index is 617. The summed E-state index contributed by atoms with van der Waals surface area (Å²) in [5, 5.41) is 3.45. The molecule has 0 radical (unpaired) electrons. The summed E-state index contributed by atoms with van der Waals surface area (Å²) in [6.07, 6.45) is 0. The van der Waals surface area contributed by atoms with Gasteiger partial charge in [-0.2, -0.15) is 0 Å². The molecule has 98 valence electrons. The van der Waals surface area contributed by atoms with Gasteiger partial charge in [-0.1, -0.05) is 23.7 Å². The van der Waals surface area contributed by atoms with Crippen LogP contribution in [-0.4, -0.2) is 5.91 Å². The van der Waals surface area contributed by atoms with E-state index in [1.807, 2.05) is 26.0 Å². The predicted molar refractivity (Wildman–Crippen MR) is 83.0 cm³/mol. The molecule has 19 heavy (non-hydrogen) atoms. The van der Waals surface area contributed by atoms with Gasteiger partial charge in [0.05, 0.1) is 5.69 Å². The Labute approximate surface area is 125 Å². The zero-order valence-electron chi connectivity index (χ0n) is 10.6. The van der Waals surface area contributed by atoms with Crippen LogP contribution in [0.15, 0.2) is 40.9 Å². The fraction of sp³-hybridized carbons (Fsp3) is 0.133. The third-order valence-electron chi connectivity index (χ3n) is 2.76. The minimum atomic E-state index is -0.171. The van der Waals surface area contributed by atoms with E-state index in [1.54, 1.807) is 24.3 Å². The molecule has 2 aromatic rings. The second-order valence-electron chi connectivity index (χ2n) is 4.40. The fourth-order valence-corrected chi connectivity index (χ4v) is 2.85. The lowest BCUT2D eigenvalue weighted by Crippen LogP contribution is -2.13. The van der Waals surface area contributed by atoms with E-state index >= 15 is 0 Å². The lowest BCUT2D eigenvalue weighted by atomic mass is 10.1. The average Bonchev–Trinajstić information content (AvgIpc) is 2.33. The number of benzene rings is 2. The summed E-state index contributed by atoms with van der Waals surface area (Å²) >= 11 is 9.36. The molecule has 0 aliphatic carbocycles. The van der Waals surface area contributed by atoms with Crippen LogP contribution in [0.5, 0.6) is 0 Å².